The second-order valence-electron chi connectivity index (χ2n) is 8.08. The Hall–Kier alpha value is -2.41. The first kappa shape index (κ1) is 19.4. The summed E-state index contributed by atoms with van der Waals surface area (Å²) >= 11 is 0. The summed E-state index contributed by atoms with van der Waals surface area (Å²) in [6, 6.07) is 8.64. The lowest BCUT2D eigenvalue weighted by atomic mass is 10.0. The van der Waals surface area contributed by atoms with Crippen LogP contribution in [0.3, 0.4) is 0 Å². The second-order valence-corrected chi connectivity index (χ2v) is 8.08. The molecule has 0 saturated carbocycles. The van der Waals surface area contributed by atoms with Crippen LogP contribution in [0.4, 0.5) is 10.5 Å². The maximum atomic E-state index is 12.8. The number of hydrogen-bond donors (Lipinski definition) is 1. The van der Waals surface area contributed by atoms with Crippen molar-refractivity contribution < 1.29 is 19.1 Å². The molecule has 27 heavy (non-hydrogen) atoms. The fraction of sp³-hybridized carbons (Fsp3) is 0.550. The van der Waals surface area contributed by atoms with E-state index < -0.39 is 17.7 Å². The number of carbonyl (C=O) groups is 3. The first-order valence-corrected chi connectivity index (χ1v) is 9.40. The van der Waals surface area contributed by atoms with Crippen LogP contribution >= 0.6 is 0 Å². The van der Waals surface area contributed by atoms with Gasteiger partial charge in [-0.3, -0.25) is 14.5 Å². The molecule has 2 heterocycles. The number of likely N-dealkylation sites (tertiary alicyclic amines) is 1. The van der Waals surface area contributed by atoms with E-state index in [0.717, 1.165) is 12.8 Å². The lowest BCUT2D eigenvalue weighted by Gasteiger charge is -2.35. The van der Waals surface area contributed by atoms with Crippen LogP contribution in [0.25, 0.3) is 0 Å². The molecule has 7 heteroatoms. The normalized spacial score (nSPS) is 22.2. The Bertz CT molecular complexity index is 706. The number of ether oxygens (including phenoxy) is 1. The largest absolute Gasteiger partial charge is 0.444 e. The number of para-hydroxylation sites is 1. The molecule has 146 valence electrons. The highest BCUT2D eigenvalue weighted by Gasteiger charge is 2.43. The molecule has 0 unspecified atom stereocenters. The molecule has 3 rings (SSSR count). The van der Waals surface area contributed by atoms with Gasteiger partial charge in [0.2, 0.25) is 5.91 Å². The summed E-state index contributed by atoms with van der Waals surface area (Å²) in [6.07, 6.45) is 1.24. The van der Waals surface area contributed by atoms with E-state index in [4.69, 9.17) is 4.74 Å². The van der Waals surface area contributed by atoms with Gasteiger partial charge < -0.3 is 10.1 Å². The lowest BCUT2D eigenvalue weighted by Crippen LogP contribution is -2.50. The minimum Gasteiger partial charge on any atom is -0.444 e. The standard InChI is InChI=1S/C20H27N3O4/c1-20(2,3)27-19(26)21-14-9-11-22(12-10-14)16-13-17(24)23(18(16)25)15-7-5-4-6-8-15/h4-8,14,16H,9-13H2,1-3H3,(H,21,26)/t16-/m0/s1. The maximum absolute atomic E-state index is 12.8. The smallest absolute Gasteiger partial charge is 0.407 e. The summed E-state index contributed by atoms with van der Waals surface area (Å²) in [5.41, 5.74) is 0.0963. The van der Waals surface area contributed by atoms with E-state index in [9.17, 15) is 14.4 Å². The number of anilines is 1. The number of hydrogen-bond acceptors (Lipinski definition) is 5. The molecule has 1 aromatic carbocycles. The van der Waals surface area contributed by atoms with E-state index in [-0.39, 0.29) is 24.3 Å². The van der Waals surface area contributed by atoms with E-state index in [2.05, 4.69) is 10.2 Å². The number of amides is 3. The number of piperidine rings is 1. The number of nitrogens with zero attached hydrogens (tertiary/aromatic N) is 2. The van der Waals surface area contributed by atoms with Gasteiger partial charge in [0.15, 0.2) is 0 Å². The van der Waals surface area contributed by atoms with Crippen molar-refractivity contribution in [3.05, 3.63) is 30.3 Å². The molecular weight excluding hydrogens is 346 g/mol. The number of nitrogens with one attached hydrogen (secondary N) is 1. The molecule has 0 spiro atoms. The van der Waals surface area contributed by atoms with E-state index in [1.807, 2.05) is 39.0 Å². The third-order valence-electron chi connectivity index (χ3n) is 4.83. The highest BCUT2D eigenvalue weighted by Crippen LogP contribution is 2.27. The van der Waals surface area contributed by atoms with E-state index in [1.54, 1.807) is 12.1 Å². The zero-order valence-electron chi connectivity index (χ0n) is 16.1. The molecule has 2 aliphatic heterocycles. The molecule has 1 atom stereocenters. The van der Waals surface area contributed by atoms with Crippen LogP contribution in [0.1, 0.15) is 40.0 Å². The molecule has 1 N–H and O–H groups in total. The predicted octanol–water partition coefficient (Wildman–Crippen LogP) is 2.31. The van der Waals surface area contributed by atoms with Crippen LogP contribution in [0, 0.1) is 0 Å². The summed E-state index contributed by atoms with van der Waals surface area (Å²) in [5, 5.41) is 2.89. The van der Waals surface area contributed by atoms with Crippen molar-refractivity contribution in [1.29, 1.82) is 0 Å². The Morgan fingerprint density at radius 2 is 1.74 bits per heavy atom. The van der Waals surface area contributed by atoms with Gasteiger partial charge in [0.05, 0.1) is 18.2 Å². The van der Waals surface area contributed by atoms with Gasteiger partial charge in [-0.2, -0.15) is 0 Å². The summed E-state index contributed by atoms with van der Waals surface area (Å²) in [5.74, 6) is -0.324. The van der Waals surface area contributed by atoms with Crippen LogP contribution in [-0.4, -0.2) is 53.6 Å². The molecule has 7 nitrogen and oxygen atoms in total. The molecule has 0 bridgehead atoms. The van der Waals surface area contributed by atoms with Gasteiger partial charge in [-0.05, 0) is 45.7 Å². The van der Waals surface area contributed by atoms with Gasteiger partial charge in [0.1, 0.15) is 5.60 Å². The first-order valence-electron chi connectivity index (χ1n) is 9.40. The van der Waals surface area contributed by atoms with Crippen LogP contribution in [0.2, 0.25) is 0 Å². The quantitative estimate of drug-likeness (QED) is 0.823. The minimum absolute atomic E-state index is 0.0218. The summed E-state index contributed by atoms with van der Waals surface area (Å²) in [7, 11) is 0. The third kappa shape index (κ3) is 4.66. The second kappa shape index (κ2) is 7.68. The number of benzene rings is 1. The average molecular weight is 373 g/mol. The number of rotatable bonds is 3. The van der Waals surface area contributed by atoms with E-state index >= 15 is 0 Å². The molecule has 2 fully saturated rings. The Morgan fingerprint density at radius 3 is 2.33 bits per heavy atom. The van der Waals surface area contributed by atoms with Gasteiger partial charge >= 0.3 is 6.09 Å². The fourth-order valence-corrected chi connectivity index (χ4v) is 3.58. The number of imide groups is 1. The van der Waals surface area contributed by atoms with Crippen LogP contribution < -0.4 is 10.2 Å². The van der Waals surface area contributed by atoms with Crippen molar-refractivity contribution in [2.45, 2.75) is 57.7 Å². The van der Waals surface area contributed by atoms with Crippen molar-refractivity contribution >= 4 is 23.6 Å². The Kier molecular flexibility index (Phi) is 5.51. The highest BCUT2D eigenvalue weighted by atomic mass is 16.6. The van der Waals surface area contributed by atoms with Crippen molar-refractivity contribution in [2.75, 3.05) is 18.0 Å². The van der Waals surface area contributed by atoms with Gasteiger partial charge in [0, 0.05) is 19.1 Å². The highest BCUT2D eigenvalue weighted by molar-refractivity contribution is 6.22. The fourth-order valence-electron chi connectivity index (χ4n) is 3.58. The topological polar surface area (TPSA) is 79.0 Å². The molecule has 2 aliphatic rings. The van der Waals surface area contributed by atoms with Crippen molar-refractivity contribution in [3.63, 3.8) is 0 Å². The van der Waals surface area contributed by atoms with Crippen LogP contribution in [0.5, 0.6) is 0 Å². The van der Waals surface area contributed by atoms with E-state index in [1.165, 1.54) is 4.90 Å². The van der Waals surface area contributed by atoms with Gasteiger partial charge in [0.25, 0.3) is 5.91 Å². The Labute approximate surface area is 159 Å². The maximum Gasteiger partial charge on any atom is 0.407 e. The number of alkyl carbamates (subject to hydrolysis) is 1. The summed E-state index contributed by atoms with van der Waals surface area (Å²) < 4.78 is 5.29. The lowest BCUT2D eigenvalue weighted by molar-refractivity contribution is -0.123. The molecule has 0 radical (unpaired) electrons. The molecule has 2 saturated heterocycles. The van der Waals surface area contributed by atoms with Crippen molar-refractivity contribution in [1.82, 2.24) is 10.2 Å². The van der Waals surface area contributed by atoms with E-state index in [0.29, 0.717) is 18.8 Å². The molecule has 0 aliphatic carbocycles. The van der Waals surface area contributed by atoms with Crippen LogP contribution in [-0.2, 0) is 14.3 Å². The zero-order chi connectivity index (χ0) is 19.6. The molecule has 1 aromatic rings. The summed E-state index contributed by atoms with van der Waals surface area (Å²) in [6.45, 7) is 6.81. The number of carbonyl (C=O) groups excluding carboxylic acids is 3. The van der Waals surface area contributed by atoms with Gasteiger partial charge in [-0.1, -0.05) is 18.2 Å². The Morgan fingerprint density at radius 1 is 1.11 bits per heavy atom. The third-order valence-corrected chi connectivity index (χ3v) is 4.83. The molecular formula is C20H27N3O4. The summed E-state index contributed by atoms with van der Waals surface area (Å²) in [4.78, 5) is 40.4. The molecule has 0 aromatic heterocycles. The van der Waals surface area contributed by atoms with Gasteiger partial charge in [-0.25, -0.2) is 9.69 Å². The van der Waals surface area contributed by atoms with Crippen molar-refractivity contribution in [3.8, 4) is 0 Å². The van der Waals surface area contributed by atoms with Crippen LogP contribution in [0.15, 0.2) is 30.3 Å². The molecule has 3 amide bonds. The SMILES string of the molecule is CC(C)(C)OC(=O)NC1CCN([C@H]2CC(=O)N(c3ccccc3)C2=O)CC1. The van der Waals surface area contributed by atoms with Gasteiger partial charge in [-0.15, -0.1) is 0 Å². The first-order chi connectivity index (χ1) is 12.7. The minimum atomic E-state index is -0.525. The Balaban J connectivity index is 1.55. The average Bonchev–Trinajstić information content (AvgIpc) is 2.89. The van der Waals surface area contributed by atoms with Crippen molar-refractivity contribution in [2.24, 2.45) is 0 Å². The zero-order valence-corrected chi connectivity index (χ0v) is 16.1. The predicted molar refractivity (Wildman–Crippen MR) is 101 cm³/mol. The monoisotopic (exact) mass is 373 g/mol.